The second kappa shape index (κ2) is 23.7. The van der Waals surface area contributed by atoms with Gasteiger partial charge in [0.05, 0.1) is 6.61 Å². The van der Waals surface area contributed by atoms with Crippen molar-refractivity contribution in [2.45, 2.75) is 110 Å². The van der Waals surface area contributed by atoms with Gasteiger partial charge in [-0.25, -0.2) is 9.59 Å². The summed E-state index contributed by atoms with van der Waals surface area (Å²) in [7, 11) is 0. The molecule has 0 bridgehead atoms. The van der Waals surface area contributed by atoms with E-state index in [1.54, 1.807) is 0 Å². The van der Waals surface area contributed by atoms with Crippen LogP contribution in [0.5, 0.6) is 0 Å². The van der Waals surface area contributed by atoms with Crippen molar-refractivity contribution < 1.29 is 19.4 Å². The summed E-state index contributed by atoms with van der Waals surface area (Å²) in [6, 6.07) is 0. The van der Waals surface area contributed by atoms with Gasteiger partial charge < -0.3 is 9.84 Å². The molecule has 0 aliphatic carbocycles. The number of carbonyl (C=O) groups is 2. The fourth-order valence-electron chi connectivity index (χ4n) is 3.01. The van der Waals surface area contributed by atoms with Crippen LogP contribution in [0.2, 0.25) is 0 Å². The molecule has 0 amide bonds. The number of carboxylic acid groups (broad SMARTS) is 1. The molecular formula is C22H41NaO4. The molecular weight excluding hydrogens is 351 g/mol. The molecule has 4 nitrogen and oxygen atoms in total. The molecule has 0 aliphatic rings. The van der Waals surface area contributed by atoms with Gasteiger partial charge in [0, 0.05) is 12.2 Å². The van der Waals surface area contributed by atoms with Crippen LogP contribution in [0.25, 0.3) is 0 Å². The van der Waals surface area contributed by atoms with Crippen molar-refractivity contribution >= 4 is 41.5 Å². The molecule has 0 unspecified atom stereocenters. The fourth-order valence-corrected chi connectivity index (χ4v) is 3.01. The minimum atomic E-state index is -1.13. The predicted molar refractivity (Wildman–Crippen MR) is 114 cm³/mol. The number of carboxylic acids is 1. The molecule has 0 spiro atoms. The quantitative estimate of drug-likeness (QED) is 0.131. The number of unbranched alkanes of at least 4 members (excludes halogenated alkanes) is 15. The van der Waals surface area contributed by atoms with Crippen molar-refractivity contribution in [3.8, 4) is 0 Å². The van der Waals surface area contributed by atoms with Gasteiger partial charge in [0.1, 0.15) is 0 Å². The van der Waals surface area contributed by atoms with Crippen LogP contribution >= 0.6 is 0 Å². The number of ether oxygens (including phenoxy) is 1. The third kappa shape index (κ3) is 25.7. The molecule has 0 aromatic heterocycles. The monoisotopic (exact) mass is 392 g/mol. The summed E-state index contributed by atoms with van der Waals surface area (Å²) in [5, 5.41) is 8.39. The van der Waals surface area contributed by atoms with Gasteiger partial charge in [0.25, 0.3) is 0 Å². The number of esters is 1. The zero-order chi connectivity index (χ0) is 19.3. The van der Waals surface area contributed by atoms with Gasteiger partial charge in [-0.15, -0.1) is 0 Å². The van der Waals surface area contributed by atoms with E-state index in [9.17, 15) is 9.59 Å². The predicted octanol–water partition coefficient (Wildman–Crippen LogP) is 5.78. The topological polar surface area (TPSA) is 63.6 Å². The summed E-state index contributed by atoms with van der Waals surface area (Å²) in [5.41, 5.74) is 0. The van der Waals surface area contributed by atoms with Crippen molar-refractivity contribution in [2.24, 2.45) is 0 Å². The minimum absolute atomic E-state index is 0. The maximum atomic E-state index is 11.1. The first-order valence-corrected chi connectivity index (χ1v) is 10.7. The molecule has 1 N–H and O–H groups in total. The van der Waals surface area contributed by atoms with Gasteiger partial charge in [-0.1, -0.05) is 103 Å². The Morgan fingerprint density at radius 3 is 1.41 bits per heavy atom. The Morgan fingerprint density at radius 2 is 1.04 bits per heavy atom. The third-order valence-electron chi connectivity index (χ3n) is 4.60. The van der Waals surface area contributed by atoms with Crippen LogP contribution in [0.1, 0.15) is 110 Å². The van der Waals surface area contributed by atoms with Crippen LogP contribution < -0.4 is 0 Å². The number of rotatable bonds is 19. The molecule has 0 heterocycles. The van der Waals surface area contributed by atoms with Crippen LogP contribution in [0.3, 0.4) is 0 Å². The van der Waals surface area contributed by atoms with Crippen LogP contribution in [0.4, 0.5) is 0 Å². The second-order valence-electron chi connectivity index (χ2n) is 7.14. The Hall–Kier alpha value is -0.320. The van der Waals surface area contributed by atoms with Gasteiger partial charge in [-0.2, -0.15) is 0 Å². The summed E-state index contributed by atoms with van der Waals surface area (Å²) in [6.45, 7) is 2.64. The first-order chi connectivity index (χ1) is 12.7. The summed E-state index contributed by atoms with van der Waals surface area (Å²) in [5.74, 6) is -1.71. The van der Waals surface area contributed by atoms with E-state index in [4.69, 9.17) is 9.84 Å². The second-order valence-corrected chi connectivity index (χ2v) is 7.14. The molecule has 0 rings (SSSR count). The van der Waals surface area contributed by atoms with E-state index in [1.165, 1.54) is 89.9 Å². The van der Waals surface area contributed by atoms with Gasteiger partial charge >= 0.3 is 41.5 Å². The third-order valence-corrected chi connectivity index (χ3v) is 4.60. The maximum absolute atomic E-state index is 11.1. The Kier molecular flexibility index (Phi) is 25.4. The van der Waals surface area contributed by atoms with Gasteiger partial charge in [-0.3, -0.25) is 0 Å². The molecule has 0 radical (unpaired) electrons. The van der Waals surface area contributed by atoms with Crippen molar-refractivity contribution in [1.29, 1.82) is 0 Å². The standard InChI is InChI=1S/C22H40O4.Na.H/c1-2-3-4-5-6-7-8-9-10-11-12-13-14-15-16-17-20-26-22(25)19-18-21(23)24;;/h18-19H,2-17,20H2,1H3,(H,23,24);;/b19-18-;;. The van der Waals surface area contributed by atoms with Crippen molar-refractivity contribution in [3.63, 3.8) is 0 Å². The van der Waals surface area contributed by atoms with Crippen LogP contribution in [-0.2, 0) is 14.3 Å². The SMILES string of the molecule is CCCCCCCCCCCCCCCCCCOC(=O)/C=C\C(=O)O.[NaH]. The molecule has 27 heavy (non-hydrogen) atoms. The molecule has 0 atom stereocenters. The normalized spacial score (nSPS) is 10.7. The Balaban J connectivity index is 0. The summed E-state index contributed by atoms with van der Waals surface area (Å²) in [4.78, 5) is 21.4. The average Bonchev–Trinajstić information content (AvgIpc) is 2.62. The van der Waals surface area contributed by atoms with Crippen LogP contribution in [-0.4, -0.2) is 53.2 Å². The van der Waals surface area contributed by atoms with Gasteiger partial charge in [0.2, 0.25) is 0 Å². The van der Waals surface area contributed by atoms with E-state index in [2.05, 4.69) is 6.92 Å². The van der Waals surface area contributed by atoms with E-state index < -0.39 is 11.9 Å². The molecule has 0 aliphatic heterocycles. The summed E-state index contributed by atoms with van der Waals surface area (Å²) in [6.07, 6.45) is 22.7. The molecule has 154 valence electrons. The number of aliphatic carboxylic acids is 1. The first kappa shape index (κ1) is 28.9. The molecule has 0 aromatic rings. The Bertz CT molecular complexity index is 369. The number of hydrogen-bond donors (Lipinski definition) is 1. The van der Waals surface area contributed by atoms with E-state index in [0.717, 1.165) is 25.0 Å². The van der Waals surface area contributed by atoms with Crippen LogP contribution in [0.15, 0.2) is 12.2 Å². The fraction of sp³-hybridized carbons (Fsp3) is 0.818. The summed E-state index contributed by atoms with van der Waals surface area (Å²) < 4.78 is 4.92. The Labute approximate surface area is 188 Å². The van der Waals surface area contributed by atoms with Crippen molar-refractivity contribution in [3.05, 3.63) is 12.2 Å². The Morgan fingerprint density at radius 1 is 0.667 bits per heavy atom. The van der Waals surface area contributed by atoms with Gasteiger partial charge in [0.15, 0.2) is 0 Å². The number of hydrogen-bond acceptors (Lipinski definition) is 3. The van der Waals surface area contributed by atoms with E-state index in [0.29, 0.717) is 6.61 Å². The van der Waals surface area contributed by atoms with E-state index >= 15 is 0 Å². The molecule has 5 heteroatoms. The average molecular weight is 393 g/mol. The van der Waals surface area contributed by atoms with E-state index in [1.807, 2.05) is 0 Å². The van der Waals surface area contributed by atoms with Crippen LogP contribution in [0, 0.1) is 0 Å². The molecule has 0 aromatic carbocycles. The van der Waals surface area contributed by atoms with Crippen molar-refractivity contribution in [1.82, 2.24) is 0 Å². The van der Waals surface area contributed by atoms with E-state index in [-0.39, 0.29) is 29.6 Å². The zero-order valence-electron chi connectivity index (χ0n) is 16.8. The van der Waals surface area contributed by atoms with Gasteiger partial charge in [-0.05, 0) is 6.42 Å². The summed E-state index contributed by atoms with van der Waals surface area (Å²) >= 11 is 0. The molecule has 0 saturated carbocycles. The first-order valence-electron chi connectivity index (χ1n) is 10.7. The number of carbonyl (C=O) groups excluding carboxylic acids is 1. The zero-order valence-corrected chi connectivity index (χ0v) is 16.8. The molecule has 0 fully saturated rings. The molecule has 0 saturated heterocycles. The van der Waals surface area contributed by atoms with Crippen molar-refractivity contribution in [2.75, 3.05) is 6.61 Å².